The molecule has 4 heteroatoms. The number of hydrogen-bond acceptors (Lipinski definition) is 4. The maximum atomic E-state index is 11.6. The van der Waals surface area contributed by atoms with E-state index in [9.17, 15) is 4.79 Å². The van der Waals surface area contributed by atoms with Crippen LogP contribution in [0.3, 0.4) is 0 Å². The van der Waals surface area contributed by atoms with Crippen LogP contribution in [0, 0.1) is 6.92 Å². The highest BCUT2D eigenvalue weighted by molar-refractivity contribution is 5.76. The van der Waals surface area contributed by atoms with Gasteiger partial charge in [0.1, 0.15) is 6.04 Å². The minimum atomic E-state index is -0.641. The third-order valence-corrected chi connectivity index (χ3v) is 3.00. The monoisotopic (exact) mass is 234 g/mol. The summed E-state index contributed by atoms with van der Waals surface area (Å²) >= 11 is 0. The summed E-state index contributed by atoms with van der Waals surface area (Å²) in [5.41, 5.74) is 8.15. The Morgan fingerprint density at radius 2 is 2.06 bits per heavy atom. The van der Waals surface area contributed by atoms with Gasteiger partial charge in [0.2, 0.25) is 0 Å². The summed E-state index contributed by atoms with van der Waals surface area (Å²) in [6.45, 7) is 3.28. The van der Waals surface area contributed by atoms with Crippen LogP contribution in [-0.2, 0) is 9.53 Å². The van der Waals surface area contributed by atoms with Gasteiger partial charge in [-0.15, -0.1) is 0 Å². The molecule has 0 aromatic heterocycles. The van der Waals surface area contributed by atoms with E-state index < -0.39 is 6.04 Å². The third kappa shape index (κ3) is 2.84. The minimum absolute atomic E-state index is 0.164. The van der Waals surface area contributed by atoms with E-state index in [0.29, 0.717) is 6.61 Å². The van der Waals surface area contributed by atoms with Crippen molar-refractivity contribution in [2.75, 3.05) is 13.2 Å². The summed E-state index contributed by atoms with van der Waals surface area (Å²) < 4.78 is 5.07. The van der Waals surface area contributed by atoms with Crippen LogP contribution >= 0.6 is 0 Å². The number of carbonyl (C=O) groups excluding carboxylic acids is 1. The van der Waals surface area contributed by atoms with E-state index in [2.05, 4.69) is 5.32 Å². The molecule has 3 N–H and O–H groups in total. The van der Waals surface area contributed by atoms with Crippen LogP contribution in [0.1, 0.15) is 23.6 Å². The van der Waals surface area contributed by atoms with Gasteiger partial charge in [-0.05, 0) is 25.5 Å². The number of hydrogen-bond donors (Lipinski definition) is 2. The molecule has 0 spiro atoms. The Bertz CT molecular complexity index is 389. The van der Waals surface area contributed by atoms with Gasteiger partial charge < -0.3 is 15.8 Å². The molecular weight excluding hydrogens is 216 g/mol. The van der Waals surface area contributed by atoms with Gasteiger partial charge in [0.05, 0.1) is 12.6 Å². The fourth-order valence-corrected chi connectivity index (χ4v) is 1.96. The second-order valence-corrected chi connectivity index (χ2v) is 4.39. The number of ether oxygens (including phenoxy) is 1. The first-order chi connectivity index (χ1) is 8.18. The first-order valence-electron chi connectivity index (χ1n) is 5.90. The highest BCUT2D eigenvalue weighted by Crippen LogP contribution is 2.18. The molecule has 17 heavy (non-hydrogen) atoms. The lowest BCUT2D eigenvalue weighted by Gasteiger charge is -2.26. The van der Waals surface area contributed by atoms with E-state index in [1.165, 1.54) is 5.56 Å². The van der Waals surface area contributed by atoms with Gasteiger partial charge in [0.15, 0.2) is 0 Å². The van der Waals surface area contributed by atoms with Crippen molar-refractivity contribution < 1.29 is 9.53 Å². The molecular formula is C13H18N2O2. The Labute approximate surface area is 101 Å². The van der Waals surface area contributed by atoms with Crippen LogP contribution in [0.25, 0.3) is 0 Å². The molecule has 92 valence electrons. The average Bonchev–Trinajstić information content (AvgIpc) is 2.32. The molecule has 1 saturated heterocycles. The molecule has 0 bridgehead atoms. The van der Waals surface area contributed by atoms with E-state index in [4.69, 9.17) is 10.5 Å². The van der Waals surface area contributed by atoms with Crippen molar-refractivity contribution in [1.82, 2.24) is 5.32 Å². The topological polar surface area (TPSA) is 64.3 Å². The molecule has 0 radical (unpaired) electrons. The summed E-state index contributed by atoms with van der Waals surface area (Å²) in [4.78, 5) is 11.6. The van der Waals surface area contributed by atoms with Crippen molar-refractivity contribution in [3.8, 4) is 0 Å². The lowest BCUT2D eigenvalue weighted by atomic mass is 9.98. The molecule has 1 fully saturated rings. The number of esters is 1. The maximum Gasteiger partial charge on any atom is 0.324 e. The Hall–Kier alpha value is -1.39. The van der Waals surface area contributed by atoms with E-state index in [0.717, 1.165) is 18.5 Å². The van der Waals surface area contributed by atoms with Crippen LogP contribution in [0.15, 0.2) is 24.3 Å². The molecule has 0 saturated carbocycles. The van der Waals surface area contributed by atoms with Gasteiger partial charge in [0, 0.05) is 0 Å². The zero-order valence-electron chi connectivity index (χ0n) is 9.98. The minimum Gasteiger partial charge on any atom is -0.464 e. The van der Waals surface area contributed by atoms with E-state index in [-0.39, 0.29) is 12.0 Å². The smallest absolute Gasteiger partial charge is 0.324 e. The number of aryl methyl sites for hydroxylation is 1. The summed E-state index contributed by atoms with van der Waals surface area (Å²) in [7, 11) is 0. The van der Waals surface area contributed by atoms with Crippen molar-refractivity contribution in [3.63, 3.8) is 0 Å². The van der Waals surface area contributed by atoms with E-state index >= 15 is 0 Å². The fraction of sp³-hybridized carbons (Fsp3) is 0.462. The van der Waals surface area contributed by atoms with Gasteiger partial charge in [-0.2, -0.15) is 0 Å². The number of benzene rings is 1. The second kappa shape index (κ2) is 5.29. The third-order valence-electron chi connectivity index (χ3n) is 3.00. The highest BCUT2D eigenvalue weighted by atomic mass is 16.5. The number of rotatable bonds is 1. The quantitative estimate of drug-likeness (QED) is 0.709. The van der Waals surface area contributed by atoms with Gasteiger partial charge in [-0.25, -0.2) is 0 Å². The van der Waals surface area contributed by atoms with E-state index in [1.807, 2.05) is 31.2 Å². The van der Waals surface area contributed by atoms with Crippen molar-refractivity contribution in [3.05, 3.63) is 35.4 Å². The predicted molar refractivity (Wildman–Crippen MR) is 65.5 cm³/mol. The summed E-state index contributed by atoms with van der Waals surface area (Å²) in [6, 6.07) is 7.24. The molecule has 1 aliphatic heterocycles. The molecule has 2 atom stereocenters. The first-order valence-corrected chi connectivity index (χ1v) is 5.90. The van der Waals surface area contributed by atoms with Crippen LogP contribution in [0.5, 0.6) is 0 Å². The largest absolute Gasteiger partial charge is 0.464 e. The fourth-order valence-electron chi connectivity index (χ4n) is 1.96. The molecule has 4 nitrogen and oxygen atoms in total. The Kier molecular flexibility index (Phi) is 3.76. The van der Waals surface area contributed by atoms with Crippen molar-refractivity contribution in [2.45, 2.75) is 25.4 Å². The number of nitrogens with two attached hydrogens (primary N) is 1. The zero-order chi connectivity index (χ0) is 12.3. The van der Waals surface area contributed by atoms with Gasteiger partial charge in [0.25, 0.3) is 0 Å². The van der Waals surface area contributed by atoms with Gasteiger partial charge in [-0.3, -0.25) is 4.79 Å². The van der Waals surface area contributed by atoms with Gasteiger partial charge >= 0.3 is 5.97 Å². The molecule has 0 aliphatic carbocycles. The summed E-state index contributed by atoms with van der Waals surface area (Å²) in [6.07, 6.45) is 0.820. The Morgan fingerprint density at radius 1 is 1.35 bits per heavy atom. The number of cyclic esters (lactones) is 1. The lowest BCUT2D eigenvalue weighted by Crippen LogP contribution is -2.46. The summed E-state index contributed by atoms with van der Waals surface area (Å²) in [5, 5.41) is 3.31. The molecule has 0 amide bonds. The molecule has 1 aliphatic rings. The summed E-state index contributed by atoms with van der Waals surface area (Å²) in [5.74, 6) is -0.331. The van der Waals surface area contributed by atoms with Crippen LogP contribution in [0.4, 0.5) is 0 Å². The van der Waals surface area contributed by atoms with Crippen molar-refractivity contribution in [2.24, 2.45) is 5.73 Å². The van der Waals surface area contributed by atoms with Crippen molar-refractivity contribution >= 4 is 5.97 Å². The Morgan fingerprint density at radius 3 is 2.76 bits per heavy atom. The highest BCUT2D eigenvalue weighted by Gasteiger charge is 2.28. The Balaban J connectivity index is 2.21. The SMILES string of the molecule is Cc1ccc([C@H]2NCCCOC(=O)[C@H]2N)cc1. The number of nitrogens with one attached hydrogen (secondary N) is 1. The molecule has 2 rings (SSSR count). The molecule has 1 aromatic carbocycles. The van der Waals surface area contributed by atoms with Gasteiger partial charge in [-0.1, -0.05) is 29.8 Å². The maximum absolute atomic E-state index is 11.6. The standard InChI is InChI=1S/C13H18N2O2/c1-9-3-5-10(6-4-9)12-11(14)13(16)17-8-2-7-15-12/h3-6,11-12,15H,2,7-8,14H2,1H3/t11-,12+/m0/s1. The normalized spacial score (nSPS) is 25.9. The van der Waals surface area contributed by atoms with E-state index in [1.54, 1.807) is 0 Å². The zero-order valence-corrected chi connectivity index (χ0v) is 9.98. The molecule has 1 heterocycles. The van der Waals surface area contributed by atoms with Crippen LogP contribution < -0.4 is 11.1 Å². The predicted octanol–water partition coefficient (Wildman–Crippen LogP) is 0.900. The van der Waals surface area contributed by atoms with Crippen LogP contribution in [0.2, 0.25) is 0 Å². The van der Waals surface area contributed by atoms with Crippen molar-refractivity contribution in [1.29, 1.82) is 0 Å². The molecule has 0 unspecified atom stereocenters. The lowest BCUT2D eigenvalue weighted by molar-refractivity contribution is -0.146. The molecule has 1 aromatic rings. The first kappa shape index (κ1) is 12.1. The average molecular weight is 234 g/mol. The number of carbonyl (C=O) groups is 1. The van der Waals surface area contributed by atoms with Crippen LogP contribution in [-0.4, -0.2) is 25.2 Å². The second-order valence-electron chi connectivity index (χ2n) is 4.39.